The summed E-state index contributed by atoms with van der Waals surface area (Å²) in [6.07, 6.45) is 7.43. The molecule has 40 heavy (non-hydrogen) atoms. The van der Waals surface area contributed by atoms with E-state index in [1.165, 1.54) is 5.56 Å². The summed E-state index contributed by atoms with van der Waals surface area (Å²) >= 11 is 0. The number of Topliss-reactive ketones (excluding diaryl/α,β-unsaturated/α-hetero) is 1. The van der Waals surface area contributed by atoms with Crippen LogP contribution in [0.3, 0.4) is 0 Å². The van der Waals surface area contributed by atoms with E-state index in [0.717, 1.165) is 41.6 Å². The van der Waals surface area contributed by atoms with Crippen LogP contribution in [0.4, 0.5) is 0 Å². The number of hydrogen-bond donors (Lipinski definition) is 4. The highest BCUT2D eigenvalue weighted by Gasteiger charge is 2.48. The molecule has 2 aromatic carbocycles. The number of nitrogens with two attached hydrogens (primary N) is 2. The Labute approximate surface area is 233 Å². The van der Waals surface area contributed by atoms with Crippen molar-refractivity contribution < 1.29 is 14.7 Å². The zero-order valence-corrected chi connectivity index (χ0v) is 22.4. The van der Waals surface area contributed by atoms with Crippen LogP contribution in [0.15, 0.2) is 79.1 Å². The van der Waals surface area contributed by atoms with Crippen LogP contribution < -0.4 is 16.8 Å². The Morgan fingerprint density at radius 3 is 2.52 bits per heavy atom. The monoisotopic (exact) mass is 537 g/mol. The maximum absolute atomic E-state index is 13.9. The topological polar surface area (TPSA) is 144 Å². The molecule has 1 aliphatic carbocycles. The summed E-state index contributed by atoms with van der Waals surface area (Å²) in [5, 5.41) is 15.1. The molecule has 0 bridgehead atoms. The normalized spacial score (nSPS) is 17.1. The Balaban J connectivity index is 1.36. The van der Waals surface area contributed by atoms with E-state index < -0.39 is 23.3 Å². The predicted molar refractivity (Wildman–Crippen MR) is 155 cm³/mol. The lowest BCUT2D eigenvalue weighted by Gasteiger charge is -2.32. The highest BCUT2D eigenvalue weighted by atomic mass is 16.4. The van der Waals surface area contributed by atoms with Crippen molar-refractivity contribution in [2.75, 3.05) is 0 Å². The third kappa shape index (κ3) is 5.51. The average molecular weight is 538 g/mol. The maximum atomic E-state index is 13.9. The second-order valence-corrected chi connectivity index (χ2v) is 10.6. The van der Waals surface area contributed by atoms with E-state index in [4.69, 9.17) is 11.5 Å². The van der Waals surface area contributed by atoms with Gasteiger partial charge in [-0.1, -0.05) is 48.5 Å². The van der Waals surface area contributed by atoms with Crippen LogP contribution in [-0.2, 0) is 24.3 Å². The van der Waals surface area contributed by atoms with Gasteiger partial charge in [-0.2, -0.15) is 0 Å². The summed E-state index contributed by atoms with van der Waals surface area (Å²) in [6, 6.07) is 19.7. The van der Waals surface area contributed by atoms with Crippen molar-refractivity contribution in [1.29, 1.82) is 0 Å². The molecule has 3 atom stereocenters. The third-order valence-electron chi connectivity index (χ3n) is 8.06. The summed E-state index contributed by atoms with van der Waals surface area (Å²) in [6.45, 7) is 1.14. The number of carboxylic acids is 1. The van der Waals surface area contributed by atoms with Gasteiger partial charge in [0.25, 0.3) is 0 Å². The quantitative estimate of drug-likeness (QED) is 0.165. The van der Waals surface area contributed by atoms with Crippen molar-refractivity contribution >= 4 is 22.5 Å². The molecule has 1 unspecified atom stereocenters. The molecule has 0 spiro atoms. The molecule has 206 valence electrons. The van der Waals surface area contributed by atoms with Gasteiger partial charge in [0.15, 0.2) is 11.3 Å². The molecule has 2 heterocycles. The van der Waals surface area contributed by atoms with Gasteiger partial charge in [-0.15, -0.1) is 0 Å². The van der Waals surface area contributed by atoms with Crippen molar-refractivity contribution in [3.8, 4) is 0 Å². The molecule has 1 aliphatic rings. The molecular formula is C32H35N5O3. The second kappa shape index (κ2) is 12.0. The number of carboxylic acid groups (broad SMARTS) is 1. The summed E-state index contributed by atoms with van der Waals surface area (Å²) in [5.74, 6) is -1.93. The van der Waals surface area contributed by atoms with Crippen molar-refractivity contribution in [1.82, 2.24) is 15.3 Å². The van der Waals surface area contributed by atoms with Gasteiger partial charge in [-0.05, 0) is 72.2 Å². The minimum absolute atomic E-state index is 0.169. The minimum atomic E-state index is -2.26. The molecule has 0 fully saturated rings. The van der Waals surface area contributed by atoms with Crippen LogP contribution in [0.2, 0.25) is 0 Å². The SMILES string of the molecule is NC(CC[C@@H]1CCCc2cccnc21)[C@@](N)(C(=O)O)C(=O)c1ccc(CNCc2ccccn2)c2ccccc12. The van der Waals surface area contributed by atoms with Gasteiger partial charge in [0.2, 0.25) is 0 Å². The van der Waals surface area contributed by atoms with Crippen LogP contribution in [0.1, 0.15) is 64.5 Å². The van der Waals surface area contributed by atoms with Crippen LogP contribution in [0.5, 0.6) is 0 Å². The molecule has 2 aromatic heterocycles. The zero-order valence-electron chi connectivity index (χ0n) is 22.4. The van der Waals surface area contributed by atoms with E-state index in [2.05, 4.69) is 21.4 Å². The predicted octanol–water partition coefficient (Wildman–Crippen LogP) is 4.11. The fourth-order valence-electron chi connectivity index (χ4n) is 5.78. The number of nitrogens with zero attached hydrogens (tertiary/aromatic N) is 2. The molecule has 6 N–H and O–H groups in total. The number of carbonyl (C=O) groups excluding carboxylic acids is 1. The highest BCUT2D eigenvalue weighted by molar-refractivity contribution is 6.21. The smallest absolute Gasteiger partial charge is 0.333 e. The van der Waals surface area contributed by atoms with Gasteiger partial charge in [0.1, 0.15) is 0 Å². The van der Waals surface area contributed by atoms with Crippen molar-refractivity contribution in [3.63, 3.8) is 0 Å². The van der Waals surface area contributed by atoms with Gasteiger partial charge < -0.3 is 21.9 Å². The van der Waals surface area contributed by atoms with E-state index in [0.29, 0.717) is 31.3 Å². The molecule has 0 amide bonds. The number of fused-ring (bicyclic) bond motifs is 2. The van der Waals surface area contributed by atoms with E-state index in [1.807, 2.05) is 54.6 Å². The summed E-state index contributed by atoms with van der Waals surface area (Å²) < 4.78 is 0. The number of aromatic nitrogens is 2. The van der Waals surface area contributed by atoms with Crippen molar-refractivity contribution in [2.24, 2.45) is 11.5 Å². The Kier molecular flexibility index (Phi) is 8.30. The number of nitrogens with one attached hydrogen (secondary N) is 1. The lowest BCUT2D eigenvalue weighted by Crippen LogP contribution is -2.66. The standard InChI is InChI=1S/C32H35N5O3/c33-28(16-14-22-8-5-7-21-9-6-18-37-29(21)22)32(34,31(39)40)30(38)27-15-13-23(25-11-1-2-12-26(25)27)19-35-20-24-10-3-4-17-36-24/h1-4,6,9-13,15,17-18,22,28,35H,5,7-8,14,16,19-20,33-34H2,(H,39,40)/t22-,28?,32-/m0/s1. The van der Waals surface area contributed by atoms with Gasteiger partial charge >= 0.3 is 5.97 Å². The lowest BCUT2D eigenvalue weighted by atomic mass is 9.77. The van der Waals surface area contributed by atoms with Gasteiger partial charge in [-0.3, -0.25) is 14.8 Å². The molecule has 0 aliphatic heterocycles. The Hall–Kier alpha value is -3.98. The van der Waals surface area contributed by atoms with Crippen molar-refractivity contribution in [3.05, 3.63) is 107 Å². The number of aryl methyl sites for hydroxylation is 1. The number of aliphatic carboxylic acids is 1. The van der Waals surface area contributed by atoms with E-state index in [1.54, 1.807) is 18.5 Å². The second-order valence-electron chi connectivity index (χ2n) is 10.6. The van der Waals surface area contributed by atoms with Crippen LogP contribution in [0, 0.1) is 0 Å². The van der Waals surface area contributed by atoms with Gasteiger partial charge in [0, 0.05) is 48.7 Å². The number of ketones is 1. The fraction of sp³-hybridized carbons (Fsp3) is 0.312. The largest absolute Gasteiger partial charge is 0.479 e. The summed E-state index contributed by atoms with van der Waals surface area (Å²) in [7, 11) is 0. The van der Waals surface area contributed by atoms with Crippen LogP contribution >= 0.6 is 0 Å². The molecule has 8 heteroatoms. The number of rotatable bonds is 11. The first-order valence-corrected chi connectivity index (χ1v) is 13.8. The zero-order chi connectivity index (χ0) is 28.1. The number of pyridine rings is 2. The molecule has 0 saturated heterocycles. The van der Waals surface area contributed by atoms with E-state index in [-0.39, 0.29) is 11.5 Å². The summed E-state index contributed by atoms with van der Waals surface area (Å²) in [4.78, 5) is 35.4. The van der Waals surface area contributed by atoms with Crippen LogP contribution in [-0.4, -0.2) is 38.4 Å². The minimum Gasteiger partial charge on any atom is -0.479 e. The first kappa shape index (κ1) is 27.6. The number of carbonyl (C=O) groups is 2. The Morgan fingerprint density at radius 1 is 0.975 bits per heavy atom. The highest BCUT2D eigenvalue weighted by Crippen LogP contribution is 2.35. The number of hydrogen-bond acceptors (Lipinski definition) is 7. The first-order chi connectivity index (χ1) is 19.4. The first-order valence-electron chi connectivity index (χ1n) is 13.8. The average Bonchev–Trinajstić information content (AvgIpc) is 2.99. The van der Waals surface area contributed by atoms with Gasteiger partial charge in [0.05, 0.1) is 5.69 Å². The molecular weight excluding hydrogens is 502 g/mol. The number of benzene rings is 2. The van der Waals surface area contributed by atoms with E-state index >= 15 is 0 Å². The van der Waals surface area contributed by atoms with E-state index in [9.17, 15) is 14.7 Å². The fourth-order valence-corrected chi connectivity index (χ4v) is 5.78. The molecule has 4 aromatic rings. The maximum Gasteiger partial charge on any atom is 0.333 e. The van der Waals surface area contributed by atoms with Crippen LogP contribution in [0.25, 0.3) is 10.8 Å². The molecule has 5 rings (SSSR count). The molecule has 0 radical (unpaired) electrons. The van der Waals surface area contributed by atoms with Crippen molar-refractivity contribution in [2.45, 2.75) is 62.7 Å². The molecule has 0 saturated carbocycles. The lowest BCUT2D eigenvalue weighted by molar-refractivity contribution is -0.142. The third-order valence-corrected chi connectivity index (χ3v) is 8.06. The summed E-state index contributed by atoms with van der Waals surface area (Å²) in [5.41, 5.74) is 15.1. The Morgan fingerprint density at radius 2 is 1.75 bits per heavy atom. The van der Waals surface area contributed by atoms with Gasteiger partial charge in [-0.25, -0.2) is 4.79 Å². The molecule has 8 nitrogen and oxygen atoms in total. The Bertz CT molecular complexity index is 1510.